The average molecular weight is 372 g/mol. The fraction of sp³-hybridized carbons (Fsp3) is 0.467. The summed E-state index contributed by atoms with van der Waals surface area (Å²) in [5.41, 5.74) is -0.784. The second-order valence-corrected chi connectivity index (χ2v) is 8.61. The van der Waals surface area contributed by atoms with Gasteiger partial charge in [0, 0.05) is 17.7 Å². The third kappa shape index (κ3) is 5.82. The summed E-state index contributed by atoms with van der Waals surface area (Å²) in [7, 11) is -4.09. The Hall–Kier alpha value is -2.49. The molecule has 1 amide bonds. The van der Waals surface area contributed by atoms with Crippen LogP contribution in [0.4, 0.5) is 5.69 Å². The Morgan fingerprint density at radius 3 is 2.20 bits per heavy atom. The minimum absolute atomic E-state index is 0.248. The van der Waals surface area contributed by atoms with Crippen LogP contribution >= 0.6 is 0 Å². The number of sulfone groups is 1. The van der Waals surface area contributed by atoms with E-state index in [1.807, 2.05) is 0 Å². The second-order valence-electron chi connectivity index (χ2n) is 6.34. The summed E-state index contributed by atoms with van der Waals surface area (Å²) in [6.07, 6.45) is 0. The summed E-state index contributed by atoms with van der Waals surface area (Å²) >= 11 is 0. The molecule has 0 saturated heterocycles. The number of hydrogen-bond acceptors (Lipinski definition) is 7. The van der Waals surface area contributed by atoms with Gasteiger partial charge in [-0.25, -0.2) is 8.42 Å². The number of nitrogens with zero attached hydrogens (tertiary/aromatic N) is 1. The van der Waals surface area contributed by atoms with Crippen molar-refractivity contribution >= 4 is 27.4 Å². The second kappa shape index (κ2) is 7.60. The van der Waals surface area contributed by atoms with Gasteiger partial charge >= 0.3 is 5.97 Å². The van der Waals surface area contributed by atoms with Crippen molar-refractivity contribution < 1.29 is 27.7 Å². The smallest absolute Gasteiger partial charge is 0.324 e. The molecule has 9 nitrogen and oxygen atoms in total. The van der Waals surface area contributed by atoms with E-state index in [-0.39, 0.29) is 10.6 Å². The van der Waals surface area contributed by atoms with Gasteiger partial charge < -0.3 is 10.1 Å². The molecule has 0 spiro atoms. The van der Waals surface area contributed by atoms with E-state index in [4.69, 9.17) is 4.74 Å². The molecule has 138 valence electrons. The van der Waals surface area contributed by atoms with Gasteiger partial charge in [0.2, 0.25) is 0 Å². The molecular weight excluding hydrogens is 352 g/mol. The highest BCUT2D eigenvalue weighted by Crippen LogP contribution is 2.20. The van der Waals surface area contributed by atoms with Crippen LogP contribution in [0.1, 0.15) is 27.7 Å². The van der Waals surface area contributed by atoms with Crippen LogP contribution in [-0.4, -0.2) is 42.6 Å². The van der Waals surface area contributed by atoms with E-state index in [0.717, 1.165) is 31.2 Å². The summed E-state index contributed by atoms with van der Waals surface area (Å²) in [6.45, 7) is 5.76. The van der Waals surface area contributed by atoms with Crippen molar-refractivity contribution in [3.63, 3.8) is 0 Å². The Labute approximate surface area is 145 Å². The maximum atomic E-state index is 12.4. The van der Waals surface area contributed by atoms with Crippen molar-refractivity contribution in [2.24, 2.45) is 0 Å². The topological polar surface area (TPSA) is 133 Å². The lowest BCUT2D eigenvalue weighted by atomic mass is 10.1. The molecule has 0 bridgehead atoms. The van der Waals surface area contributed by atoms with Crippen LogP contribution in [0.15, 0.2) is 29.2 Å². The van der Waals surface area contributed by atoms with Crippen LogP contribution in [0.3, 0.4) is 0 Å². The number of hydrogen-bond donors (Lipinski definition) is 1. The molecule has 0 aromatic heterocycles. The van der Waals surface area contributed by atoms with Gasteiger partial charge in [0.25, 0.3) is 11.6 Å². The summed E-state index contributed by atoms with van der Waals surface area (Å²) in [5, 5.41) is 11.6. The van der Waals surface area contributed by atoms with E-state index in [9.17, 15) is 28.1 Å². The molecule has 10 heteroatoms. The lowest BCUT2D eigenvalue weighted by molar-refractivity contribution is -0.384. The fourth-order valence-corrected chi connectivity index (χ4v) is 3.04. The number of nitrogens with one attached hydrogen (secondary N) is 1. The normalized spacial score (nSPS) is 13.0. The zero-order chi connectivity index (χ0) is 19.4. The lowest BCUT2D eigenvalue weighted by Gasteiger charge is -2.20. The molecule has 1 aromatic rings. The van der Waals surface area contributed by atoms with Gasteiger partial charge in [-0.1, -0.05) is 0 Å². The summed E-state index contributed by atoms with van der Waals surface area (Å²) in [6, 6.07) is 4.15. The van der Waals surface area contributed by atoms with Gasteiger partial charge in [0.1, 0.15) is 0 Å². The number of esters is 1. The fourth-order valence-electron chi connectivity index (χ4n) is 1.80. The number of nitro benzene ring substituents is 1. The zero-order valence-electron chi connectivity index (χ0n) is 14.3. The molecule has 0 heterocycles. The zero-order valence-corrected chi connectivity index (χ0v) is 15.1. The first kappa shape index (κ1) is 20.6. The molecule has 1 N–H and O–H groups in total. The molecule has 0 aliphatic heterocycles. The van der Waals surface area contributed by atoms with Crippen molar-refractivity contribution in [2.45, 2.75) is 43.4 Å². The summed E-state index contributed by atoms with van der Waals surface area (Å²) in [4.78, 5) is 33.2. The summed E-state index contributed by atoms with van der Waals surface area (Å²) < 4.78 is 29.5. The molecule has 0 unspecified atom stereocenters. The number of nitro groups is 1. The number of amides is 1. The van der Waals surface area contributed by atoms with E-state index < -0.39 is 44.0 Å². The van der Waals surface area contributed by atoms with E-state index in [1.54, 1.807) is 20.8 Å². The highest BCUT2D eigenvalue weighted by Gasteiger charge is 2.32. The Kier molecular flexibility index (Phi) is 6.25. The van der Waals surface area contributed by atoms with Crippen LogP contribution in [0.25, 0.3) is 0 Å². The van der Waals surface area contributed by atoms with E-state index >= 15 is 0 Å². The Bertz CT molecular complexity index is 764. The standard InChI is InChI=1S/C15H20N2O7S/c1-10(14(19)24-9-13(18)16-15(2,3)4)25(22,23)12-7-5-11(6-8-12)17(20)21/h5-8,10H,9H2,1-4H3,(H,16,18)/t10-/m1/s1. The molecule has 0 saturated carbocycles. The monoisotopic (exact) mass is 372 g/mol. The first-order chi connectivity index (χ1) is 11.3. The average Bonchev–Trinajstić information content (AvgIpc) is 2.50. The van der Waals surface area contributed by atoms with Crippen molar-refractivity contribution in [1.82, 2.24) is 5.32 Å². The number of carbonyl (C=O) groups is 2. The van der Waals surface area contributed by atoms with Gasteiger partial charge in [-0.2, -0.15) is 0 Å². The van der Waals surface area contributed by atoms with Gasteiger partial charge in [-0.3, -0.25) is 19.7 Å². The van der Waals surface area contributed by atoms with Gasteiger partial charge in [0.05, 0.1) is 9.82 Å². The lowest BCUT2D eigenvalue weighted by Crippen LogP contribution is -2.43. The first-order valence-electron chi connectivity index (χ1n) is 7.30. The van der Waals surface area contributed by atoms with Crippen molar-refractivity contribution in [3.8, 4) is 0 Å². The van der Waals surface area contributed by atoms with Crippen LogP contribution in [0, 0.1) is 10.1 Å². The molecule has 1 atom stereocenters. The molecule has 1 aromatic carbocycles. The van der Waals surface area contributed by atoms with E-state index in [1.165, 1.54) is 0 Å². The van der Waals surface area contributed by atoms with Crippen molar-refractivity contribution in [2.75, 3.05) is 6.61 Å². The minimum atomic E-state index is -4.09. The van der Waals surface area contributed by atoms with E-state index in [0.29, 0.717) is 0 Å². The number of rotatable bonds is 6. The van der Waals surface area contributed by atoms with Gasteiger partial charge in [-0.05, 0) is 39.8 Å². The molecular formula is C15H20N2O7S. The maximum Gasteiger partial charge on any atom is 0.324 e. The van der Waals surface area contributed by atoms with Crippen molar-refractivity contribution in [3.05, 3.63) is 34.4 Å². The van der Waals surface area contributed by atoms with Crippen LogP contribution in [0.5, 0.6) is 0 Å². The predicted molar refractivity (Wildman–Crippen MR) is 88.6 cm³/mol. The highest BCUT2D eigenvalue weighted by atomic mass is 32.2. The Morgan fingerprint density at radius 2 is 1.76 bits per heavy atom. The van der Waals surface area contributed by atoms with Crippen LogP contribution < -0.4 is 5.32 Å². The molecule has 1 rings (SSSR count). The highest BCUT2D eigenvalue weighted by molar-refractivity contribution is 7.92. The molecule has 0 aliphatic rings. The van der Waals surface area contributed by atoms with Crippen LogP contribution in [0.2, 0.25) is 0 Å². The third-order valence-corrected chi connectivity index (χ3v) is 5.09. The van der Waals surface area contributed by atoms with Gasteiger partial charge in [-0.15, -0.1) is 0 Å². The number of non-ortho nitro benzene ring substituents is 1. The number of carbonyl (C=O) groups excluding carboxylic acids is 2. The molecule has 25 heavy (non-hydrogen) atoms. The molecule has 0 radical (unpaired) electrons. The van der Waals surface area contributed by atoms with Crippen molar-refractivity contribution in [1.29, 1.82) is 0 Å². The molecule has 0 fully saturated rings. The largest absolute Gasteiger partial charge is 0.455 e. The Balaban J connectivity index is 2.79. The number of ether oxygens (including phenoxy) is 1. The van der Waals surface area contributed by atoms with Gasteiger partial charge in [0.15, 0.2) is 21.7 Å². The Morgan fingerprint density at radius 1 is 1.24 bits per heavy atom. The van der Waals surface area contributed by atoms with E-state index in [2.05, 4.69) is 5.32 Å². The maximum absolute atomic E-state index is 12.4. The quantitative estimate of drug-likeness (QED) is 0.451. The third-order valence-electron chi connectivity index (χ3n) is 3.03. The minimum Gasteiger partial charge on any atom is -0.455 e. The molecule has 0 aliphatic carbocycles. The van der Waals surface area contributed by atoms with Crippen LogP contribution in [-0.2, 0) is 24.2 Å². The number of benzene rings is 1. The SMILES string of the molecule is C[C@H](C(=O)OCC(=O)NC(C)(C)C)S(=O)(=O)c1ccc([N+](=O)[O-])cc1. The first-order valence-corrected chi connectivity index (χ1v) is 8.85. The summed E-state index contributed by atoms with van der Waals surface area (Å²) in [5.74, 6) is -1.64. The predicted octanol–water partition coefficient (Wildman–Crippen LogP) is 1.21.